The van der Waals surface area contributed by atoms with E-state index >= 15 is 0 Å². The second kappa shape index (κ2) is 7.91. The third-order valence-electron chi connectivity index (χ3n) is 5.33. The van der Waals surface area contributed by atoms with E-state index in [-0.39, 0.29) is 29.8 Å². The molecule has 0 saturated heterocycles. The zero-order valence-corrected chi connectivity index (χ0v) is 17.0. The predicted molar refractivity (Wildman–Crippen MR) is 110 cm³/mol. The van der Waals surface area contributed by atoms with Gasteiger partial charge in [0.15, 0.2) is 5.41 Å². The van der Waals surface area contributed by atoms with Crippen LogP contribution in [0.4, 0.5) is 4.39 Å². The van der Waals surface area contributed by atoms with Gasteiger partial charge in [-0.2, -0.15) is 0 Å². The molecule has 156 valence electrons. The van der Waals surface area contributed by atoms with Crippen LogP contribution in [0, 0.1) is 5.82 Å². The molecule has 0 aliphatic rings. The molecular formula is C22H19ClFNO5. The van der Waals surface area contributed by atoms with Crippen LogP contribution >= 0.6 is 11.6 Å². The summed E-state index contributed by atoms with van der Waals surface area (Å²) in [7, 11) is 0. The summed E-state index contributed by atoms with van der Waals surface area (Å²) in [6.07, 6.45) is -0.299. The lowest BCUT2D eigenvalue weighted by Crippen LogP contribution is -2.44. The molecule has 0 fully saturated rings. The number of carboxylic acid groups (broad SMARTS) is 2. The zero-order valence-electron chi connectivity index (χ0n) is 16.3. The first-order valence-electron chi connectivity index (χ1n) is 9.28. The number of aromatic nitrogens is 1. The summed E-state index contributed by atoms with van der Waals surface area (Å²) in [6, 6.07) is 9.54. The van der Waals surface area contributed by atoms with E-state index in [0.717, 1.165) is 6.07 Å². The molecular weight excluding hydrogens is 413 g/mol. The second-order valence-electron chi connectivity index (χ2n) is 6.84. The minimum absolute atomic E-state index is 0.0133. The Morgan fingerprint density at radius 2 is 1.73 bits per heavy atom. The quantitative estimate of drug-likeness (QED) is 0.424. The van der Waals surface area contributed by atoms with Crippen molar-refractivity contribution < 1.29 is 29.0 Å². The number of carbonyl (C=O) groups is 3. The van der Waals surface area contributed by atoms with Crippen molar-refractivity contribution in [3.05, 3.63) is 70.1 Å². The van der Waals surface area contributed by atoms with E-state index in [9.17, 15) is 29.0 Å². The maximum atomic E-state index is 13.8. The van der Waals surface area contributed by atoms with Crippen molar-refractivity contribution in [1.82, 2.24) is 4.57 Å². The molecule has 0 amide bonds. The third-order valence-corrected chi connectivity index (χ3v) is 5.57. The number of fused-ring (bicyclic) bond motifs is 1. The number of nitrogens with zero attached hydrogens (tertiary/aromatic N) is 1. The van der Waals surface area contributed by atoms with Crippen molar-refractivity contribution >= 4 is 40.2 Å². The van der Waals surface area contributed by atoms with Crippen LogP contribution in [-0.2, 0) is 21.5 Å². The second-order valence-corrected chi connectivity index (χ2v) is 7.27. The van der Waals surface area contributed by atoms with Crippen LogP contribution in [0.3, 0.4) is 0 Å². The van der Waals surface area contributed by atoms with E-state index < -0.39 is 29.0 Å². The summed E-state index contributed by atoms with van der Waals surface area (Å²) in [5.74, 6) is -4.48. The molecule has 8 heteroatoms. The summed E-state index contributed by atoms with van der Waals surface area (Å²) < 4.78 is 15.3. The molecule has 0 unspecified atom stereocenters. The average Bonchev–Trinajstić information content (AvgIpc) is 3.01. The highest BCUT2D eigenvalue weighted by Gasteiger charge is 2.51. The molecule has 0 aliphatic carbocycles. The van der Waals surface area contributed by atoms with Crippen LogP contribution < -0.4 is 0 Å². The maximum Gasteiger partial charge on any atom is 0.325 e. The lowest BCUT2D eigenvalue weighted by atomic mass is 9.75. The van der Waals surface area contributed by atoms with Crippen LogP contribution in [-0.4, -0.2) is 32.5 Å². The molecule has 2 N–H and O–H groups in total. The van der Waals surface area contributed by atoms with E-state index in [1.165, 1.54) is 41.8 Å². The fourth-order valence-electron chi connectivity index (χ4n) is 3.87. The summed E-state index contributed by atoms with van der Waals surface area (Å²) in [5, 5.41) is 20.6. The van der Waals surface area contributed by atoms with Gasteiger partial charge in [0.05, 0.1) is 11.2 Å². The molecule has 0 radical (unpaired) electrons. The number of rotatable bonds is 7. The highest BCUT2D eigenvalue weighted by atomic mass is 35.5. The van der Waals surface area contributed by atoms with Gasteiger partial charge in [0.25, 0.3) is 0 Å². The monoisotopic (exact) mass is 431 g/mol. The topological polar surface area (TPSA) is 96.6 Å². The Kier molecular flexibility index (Phi) is 5.67. The minimum Gasteiger partial charge on any atom is -0.480 e. The molecule has 3 rings (SSSR count). The third kappa shape index (κ3) is 3.15. The van der Waals surface area contributed by atoms with Crippen molar-refractivity contribution in [3.8, 4) is 0 Å². The standard InChI is InChI=1S/C22H19ClFNO5/c1-3-22(20(27)28,21(29)30)17-15-9-8-13(23)11-16(15)25(4-2)18(17)19(26)12-6-5-7-14(24)10-12/h5-11H,3-4H2,1-2H3,(H,27,28)(H,29,30). The van der Waals surface area contributed by atoms with Crippen molar-refractivity contribution in [2.75, 3.05) is 0 Å². The molecule has 1 heterocycles. The number of hydrogen-bond donors (Lipinski definition) is 2. The molecule has 3 aromatic rings. The fraction of sp³-hybridized carbons (Fsp3) is 0.227. The summed E-state index contributed by atoms with van der Waals surface area (Å²) in [4.78, 5) is 38.0. The molecule has 30 heavy (non-hydrogen) atoms. The van der Waals surface area contributed by atoms with Crippen LogP contribution in [0.25, 0.3) is 10.9 Å². The number of benzene rings is 2. The Morgan fingerprint density at radius 1 is 1.07 bits per heavy atom. The Bertz CT molecular complexity index is 1170. The highest BCUT2D eigenvalue weighted by molar-refractivity contribution is 6.31. The SMILES string of the molecule is CCn1c(C(=O)c2cccc(F)c2)c(C(CC)(C(=O)O)C(=O)O)c2ccc(Cl)cc21. The van der Waals surface area contributed by atoms with E-state index in [2.05, 4.69) is 0 Å². The van der Waals surface area contributed by atoms with E-state index in [4.69, 9.17) is 11.6 Å². The first-order valence-corrected chi connectivity index (χ1v) is 9.66. The van der Waals surface area contributed by atoms with Gasteiger partial charge in [-0.25, -0.2) is 4.39 Å². The van der Waals surface area contributed by atoms with E-state index in [1.54, 1.807) is 13.0 Å². The van der Waals surface area contributed by atoms with Gasteiger partial charge in [-0.1, -0.05) is 36.7 Å². The van der Waals surface area contributed by atoms with Crippen molar-refractivity contribution in [1.29, 1.82) is 0 Å². The van der Waals surface area contributed by atoms with Crippen molar-refractivity contribution in [3.63, 3.8) is 0 Å². The number of ketones is 1. The van der Waals surface area contributed by atoms with Gasteiger partial charge in [0, 0.05) is 28.1 Å². The molecule has 0 bridgehead atoms. The Labute approximate surface area is 176 Å². The smallest absolute Gasteiger partial charge is 0.325 e. The van der Waals surface area contributed by atoms with Crippen molar-refractivity contribution in [2.45, 2.75) is 32.2 Å². The predicted octanol–water partition coefficient (Wildman–Crippen LogP) is 4.50. The number of carbonyl (C=O) groups excluding carboxylic acids is 1. The molecule has 2 aromatic carbocycles. The Hall–Kier alpha value is -3.19. The lowest BCUT2D eigenvalue weighted by Gasteiger charge is -2.25. The van der Waals surface area contributed by atoms with Crippen LogP contribution in [0.1, 0.15) is 41.9 Å². The number of aliphatic carboxylic acids is 2. The van der Waals surface area contributed by atoms with Crippen molar-refractivity contribution in [2.24, 2.45) is 0 Å². The van der Waals surface area contributed by atoms with Gasteiger partial charge >= 0.3 is 11.9 Å². The van der Waals surface area contributed by atoms with E-state index in [1.807, 2.05) is 0 Å². The number of halogens is 2. The lowest BCUT2D eigenvalue weighted by molar-refractivity contribution is -0.157. The molecule has 0 atom stereocenters. The van der Waals surface area contributed by atoms with Gasteiger partial charge in [-0.05, 0) is 37.6 Å². The summed E-state index contributed by atoms with van der Waals surface area (Å²) in [6.45, 7) is 3.41. The Morgan fingerprint density at radius 3 is 2.27 bits per heavy atom. The number of carboxylic acids is 2. The largest absolute Gasteiger partial charge is 0.480 e. The number of aryl methyl sites for hydroxylation is 1. The van der Waals surface area contributed by atoms with Crippen LogP contribution in [0.15, 0.2) is 42.5 Å². The highest BCUT2D eigenvalue weighted by Crippen LogP contribution is 2.41. The first-order chi connectivity index (χ1) is 14.2. The molecule has 1 aromatic heterocycles. The van der Waals surface area contributed by atoms with Gasteiger partial charge < -0.3 is 14.8 Å². The van der Waals surface area contributed by atoms with Gasteiger partial charge in [0.2, 0.25) is 5.78 Å². The van der Waals surface area contributed by atoms with Gasteiger partial charge in [-0.15, -0.1) is 0 Å². The maximum absolute atomic E-state index is 13.8. The average molecular weight is 432 g/mol. The van der Waals surface area contributed by atoms with Crippen LogP contribution in [0.5, 0.6) is 0 Å². The molecule has 6 nitrogen and oxygen atoms in total. The molecule has 0 spiro atoms. The van der Waals surface area contributed by atoms with Crippen LogP contribution in [0.2, 0.25) is 5.02 Å². The Balaban J connectivity index is 2.52. The number of hydrogen-bond acceptors (Lipinski definition) is 3. The zero-order chi connectivity index (χ0) is 22.2. The summed E-state index contributed by atoms with van der Waals surface area (Å²) in [5.41, 5.74) is -2.19. The summed E-state index contributed by atoms with van der Waals surface area (Å²) >= 11 is 6.12. The first kappa shape index (κ1) is 21.5. The molecule has 0 aliphatic heterocycles. The fourth-order valence-corrected chi connectivity index (χ4v) is 4.04. The minimum atomic E-state index is -2.37. The van der Waals surface area contributed by atoms with Gasteiger partial charge in [-0.3, -0.25) is 14.4 Å². The molecule has 0 saturated carbocycles. The van der Waals surface area contributed by atoms with E-state index in [0.29, 0.717) is 15.9 Å². The normalized spacial score (nSPS) is 11.6. The van der Waals surface area contributed by atoms with Gasteiger partial charge in [0.1, 0.15) is 5.82 Å².